The molecule has 1 atom stereocenters. The van der Waals surface area contributed by atoms with E-state index in [9.17, 15) is 18.0 Å². The number of nitrogens with one attached hydrogen (secondary N) is 1. The van der Waals surface area contributed by atoms with Gasteiger partial charge in [-0.1, -0.05) is 59.6 Å². The molecule has 0 aliphatic carbocycles. The molecule has 10 heteroatoms. The van der Waals surface area contributed by atoms with E-state index in [0.29, 0.717) is 6.42 Å². The number of halogens is 2. The minimum Gasteiger partial charge on any atom is -0.357 e. The standard InChI is InChI=1S/C21H25Cl2N3O4S/c1-15(21(28)24-2)25(13-12-16-8-5-4-6-9-16)19(27)14-26(31(3,29)30)18-11-7-10-17(22)20(18)23/h4-11,15H,12-14H2,1-3H3,(H,24,28). The van der Waals surface area contributed by atoms with Crippen LogP contribution in [0.3, 0.4) is 0 Å². The lowest BCUT2D eigenvalue weighted by Crippen LogP contribution is -2.51. The number of amides is 2. The van der Waals surface area contributed by atoms with Crippen molar-refractivity contribution in [2.24, 2.45) is 0 Å². The highest BCUT2D eigenvalue weighted by Gasteiger charge is 2.30. The zero-order valence-corrected chi connectivity index (χ0v) is 19.8. The van der Waals surface area contributed by atoms with Crippen molar-refractivity contribution in [1.82, 2.24) is 10.2 Å². The Morgan fingerprint density at radius 2 is 1.71 bits per heavy atom. The molecular formula is C21H25Cl2N3O4S. The summed E-state index contributed by atoms with van der Waals surface area (Å²) in [5.41, 5.74) is 1.09. The first-order valence-corrected chi connectivity index (χ1v) is 12.1. The minimum absolute atomic E-state index is 0.0255. The van der Waals surface area contributed by atoms with Crippen molar-refractivity contribution in [3.8, 4) is 0 Å². The number of sulfonamides is 1. The monoisotopic (exact) mass is 485 g/mol. The third-order valence-electron chi connectivity index (χ3n) is 4.78. The van der Waals surface area contributed by atoms with Crippen LogP contribution in [0.5, 0.6) is 0 Å². The summed E-state index contributed by atoms with van der Waals surface area (Å²) in [7, 11) is -2.38. The van der Waals surface area contributed by atoms with Crippen LogP contribution < -0.4 is 9.62 Å². The van der Waals surface area contributed by atoms with Gasteiger partial charge in [0, 0.05) is 13.6 Å². The van der Waals surface area contributed by atoms with Gasteiger partial charge in [0.05, 0.1) is 22.0 Å². The molecular weight excluding hydrogens is 461 g/mol. The zero-order valence-electron chi connectivity index (χ0n) is 17.5. The highest BCUT2D eigenvalue weighted by Crippen LogP contribution is 2.33. The Kier molecular flexibility index (Phi) is 8.73. The smallest absolute Gasteiger partial charge is 0.244 e. The summed E-state index contributed by atoms with van der Waals surface area (Å²) in [5.74, 6) is -0.887. The lowest BCUT2D eigenvalue weighted by molar-refractivity contribution is -0.138. The average Bonchev–Trinajstić information content (AvgIpc) is 2.73. The van der Waals surface area contributed by atoms with Crippen LogP contribution >= 0.6 is 23.2 Å². The molecule has 0 aliphatic heterocycles. The molecule has 31 heavy (non-hydrogen) atoms. The van der Waals surface area contributed by atoms with E-state index < -0.39 is 28.5 Å². The topological polar surface area (TPSA) is 86.8 Å². The molecule has 0 radical (unpaired) electrons. The Hall–Kier alpha value is -2.29. The number of likely N-dealkylation sites (N-methyl/N-ethyl adjacent to an activating group) is 1. The molecule has 2 amide bonds. The summed E-state index contributed by atoms with van der Waals surface area (Å²) in [4.78, 5) is 26.8. The molecule has 0 heterocycles. The number of carbonyl (C=O) groups is 2. The number of carbonyl (C=O) groups excluding carboxylic acids is 2. The first kappa shape index (κ1) is 25.0. The number of benzene rings is 2. The van der Waals surface area contributed by atoms with Crippen LogP contribution in [0.15, 0.2) is 48.5 Å². The molecule has 0 spiro atoms. The van der Waals surface area contributed by atoms with Crippen molar-refractivity contribution in [3.63, 3.8) is 0 Å². The Morgan fingerprint density at radius 3 is 2.29 bits per heavy atom. The second-order valence-electron chi connectivity index (χ2n) is 6.96. The Morgan fingerprint density at radius 1 is 1.06 bits per heavy atom. The van der Waals surface area contributed by atoms with Crippen LogP contribution in [0, 0.1) is 0 Å². The van der Waals surface area contributed by atoms with Gasteiger partial charge in [-0.15, -0.1) is 0 Å². The molecule has 2 rings (SSSR count). The maximum atomic E-state index is 13.2. The Bertz CT molecular complexity index is 1030. The summed E-state index contributed by atoms with van der Waals surface area (Å²) >= 11 is 12.2. The van der Waals surface area contributed by atoms with Crippen molar-refractivity contribution in [3.05, 3.63) is 64.1 Å². The number of nitrogens with zero attached hydrogens (tertiary/aromatic N) is 2. The van der Waals surface area contributed by atoms with Crippen molar-refractivity contribution in [2.45, 2.75) is 19.4 Å². The Labute approximate surface area is 193 Å². The van der Waals surface area contributed by atoms with Gasteiger partial charge < -0.3 is 10.2 Å². The van der Waals surface area contributed by atoms with E-state index in [4.69, 9.17) is 23.2 Å². The van der Waals surface area contributed by atoms with Gasteiger partial charge in [0.1, 0.15) is 12.6 Å². The summed E-state index contributed by atoms with van der Waals surface area (Å²) in [6.07, 6.45) is 1.48. The summed E-state index contributed by atoms with van der Waals surface area (Å²) < 4.78 is 25.8. The molecule has 2 aromatic rings. The van der Waals surface area contributed by atoms with E-state index in [1.54, 1.807) is 13.0 Å². The molecule has 2 aromatic carbocycles. The SMILES string of the molecule is CNC(=O)C(C)N(CCc1ccccc1)C(=O)CN(c1cccc(Cl)c1Cl)S(C)(=O)=O. The van der Waals surface area contributed by atoms with Crippen LogP contribution in [-0.2, 0) is 26.0 Å². The van der Waals surface area contributed by atoms with E-state index >= 15 is 0 Å². The quantitative estimate of drug-likeness (QED) is 0.591. The summed E-state index contributed by atoms with van der Waals surface area (Å²) in [6.45, 7) is 1.31. The predicted molar refractivity (Wildman–Crippen MR) is 124 cm³/mol. The first-order chi connectivity index (χ1) is 14.6. The number of anilines is 1. The number of hydrogen-bond acceptors (Lipinski definition) is 4. The van der Waals surface area contributed by atoms with Gasteiger partial charge in [-0.05, 0) is 31.0 Å². The van der Waals surface area contributed by atoms with Gasteiger partial charge in [-0.2, -0.15) is 0 Å². The van der Waals surface area contributed by atoms with Crippen LogP contribution in [0.25, 0.3) is 0 Å². The number of rotatable bonds is 9. The maximum Gasteiger partial charge on any atom is 0.244 e. The van der Waals surface area contributed by atoms with Crippen molar-refractivity contribution in [2.75, 3.05) is 30.7 Å². The molecule has 7 nitrogen and oxygen atoms in total. The second-order valence-corrected chi connectivity index (χ2v) is 9.65. The van der Waals surface area contributed by atoms with Gasteiger partial charge in [-0.25, -0.2) is 8.42 Å². The summed E-state index contributed by atoms with van der Waals surface area (Å²) in [6, 6.07) is 13.2. The third kappa shape index (κ3) is 6.59. The average molecular weight is 486 g/mol. The van der Waals surface area contributed by atoms with Crippen molar-refractivity contribution < 1.29 is 18.0 Å². The predicted octanol–water partition coefficient (Wildman–Crippen LogP) is 2.97. The maximum absolute atomic E-state index is 13.2. The fourth-order valence-corrected chi connectivity index (χ4v) is 4.36. The zero-order chi connectivity index (χ0) is 23.2. The fourth-order valence-electron chi connectivity index (χ4n) is 3.06. The largest absolute Gasteiger partial charge is 0.357 e. The first-order valence-electron chi connectivity index (χ1n) is 9.53. The molecule has 1 N–H and O–H groups in total. The van der Waals surface area contributed by atoms with Crippen LogP contribution in [-0.4, -0.2) is 57.6 Å². The molecule has 0 aliphatic rings. The lowest BCUT2D eigenvalue weighted by Gasteiger charge is -2.31. The van der Waals surface area contributed by atoms with Gasteiger partial charge in [0.2, 0.25) is 21.8 Å². The molecule has 0 saturated carbocycles. The fraction of sp³-hybridized carbons (Fsp3) is 0.333. The highest BCUT2D eigenvalue weighted by atomic mass is 35.5. The molecule has 0 saturated heterocycles. The van der Waals surface area contributed by atoms with E-state index in [2.05, 4.69) is 5.32 Å². The van der Waals surface area contributed by atoms with Gasteiger partial charge in [-0.3, -0.25) is 13.9 Å². The van der Waals surface area contributed by atoms with Crippen molar-refractivity contribution >= 4 is 50.7 Å². The molecule has 0 aromatic heterocycles. The minimum atomic E-state index is -3.86. The third-order valence-corrected chi connectivity index (χ3v) is 6.71. The molecule has 0 bridgehead atoms. The molecule has 1 unspecified atom stereocenters. The molecule has 0 fully saturated rings. The molecule has 168 valence electrons. The van der Waals surface area contributed by atoms with Crippen LogP contribution in [0.2, 0.25) is 10.0 Å². The van der Waals surface area contributed by atoms with E-state index in [-0.39, 0.29) is 28.2 Å². The van der Waals surface area contributed by atoms with E-state index in [1.807, 2.05) is 30.3 Å². The van der Waals surface area contributed by atoms with Crippen molar-refractivity contribution in [1.29, 1.82) is 0 Å². The van der Waals surface area contributed by atoms with Gasteiger partial charge >= 0.3 is 0 Å². The van der Waals surface area contributed by atoms with Crippen LogP contribution in [0.4, 0.5) is 5.69 Å². The van der Waals surface area contributed by atoms with E-state index in [0.717, 1.165) is 16.1 Å². The summed E-state index contributed by atoms with van der Waals surface area (Å²) in [5, 5.41) is 2.72. The highest BCUT2D eigenvalue weighted by molar-refractivity contribution is 7.92. The lowest BCUT2D eigenvalue weighted by atomic mass is 10.1. The van der Waals surface area contributed by atoms with Gasteiger partial charge in [0.25, 0.3) is 0 Å². The number of hydrogen-bond donors (Lipinski definition) is 1. The van der Waals surface area contributed by atoms with Crippen LogP contribution in [0.1, 0.15) is 12.5 Å². The normalized spacial score (nSPS) is 12.2. The van der Waals surface area contributed by atoms with E-state index in [1.165, 1.54) is 24.1 Å². The Balaban J connectivity index is 2.34. The van der Waals surface area contributed by atoms with Gasteiger partial charge in [0.15, 0.2) is 0 Å². The second kappa shape index (κ2) is 10.8.